The molecule has 0 saturated carbocycles. The van der Waals surface area contributed by atoms with Gasteiger partial charge in [-0.3, -0.25) is 9.44 Å². The van der Waals surface area contributed by atoms with E-state index in [-0.39, 0.29) is 35.9 Å². The van der Waals surface area contributed by atoms with Crippen molar-refractivity contribution in [1.82, 2.24) is 5.32 Å². The number of aryl methyl sites for hydroxylation is 1. The minimum absolute atomic E-state index is 0.00797. The summed E-state index contributed by atoms with van der Waals surface area (Å²) < 4.78 is 65.8. The number of hydrogen-bond donors (Lipinski definition) is 4. The lowest BCUT2D eigenvalue weighted by Gasteiger charge is -2.28. The Hall–Kier alpha value is -4.10. The summed E-state index contributed by atoms with van der Waals surface area (Å²) in [5.74, 6) is 0.736. The van der Waals surface area contributed by atoms with Crippen LogP contribution in [-0.2, 0) is 33.1 Å². The van der Waals surface area contributed by atoms with Crippen LogP contribution in [0, 0.1) is 0 Å². The number of β-amino-alcohol motifs (C(OH)–C–C–N with tert-alkyl or cyclic N) is 1. The molecule has 0 heterocycles. The van der Waals surface area contributed by atoms with Crippen LogP contribution in [0.2, 0.25) is 0 Å². The van der Waals surface area contributed by atoms with Crippen LogP contribution < -0.4 is 24.2 Å². The average molecular weight is 668 g/mol. The molecule has 4 aromatic carbocycles. The highest BCUT2D eigenvalue weighted by Gasteiger charge is 2.20. The summed E-state index contributed by atoms with van der Waals surface area (Å²) in [7, 11) is -7.22. The Morgan fingerprint density at radius 1 is 0.783 bits per heavy atom. The number of benzene rings is 4. The molecule has 0 spiro atoms. The van der Waals surface area contributed by atoms with Gasteiger partial charge in [0.2, 0.25) is 10.0 Å². The third-order valence-electron chi connectivity index (χ3n) is 7.04. The predicted octanol–water partition coefficient (Wildman–Crippen LogP) is 5.18. The van der Waals surface area contributed by atoms with E-state index in [1.54, 1.807) is 54.6 Å². The van der Waals surface area contributed by atoms with Gasteiger partial charge in [-0.15, -0.1) is 0 Å². The van der Waals surface area contributed by atoms with Crippen LogP contribution in [0.3, 0.4) is 0 Å². The van der Waals surface area contributed by atoms with Gasteiger partial charge in [0.25, 0.3) is 10.0 Å². The molecule has 10 nitrogen and oxygen atoms in total. The Morgan fingerprint density at radius 3 is 2.09 bits per heavy atom. The molecule has 46 heavy (non-hydrogen) atoms. The van der Waals surface area contributed by atoms with Crippen molar-refractivity contribution in [3.05, 3.63) is 114 Å². The lowest BCUT2D eigenvalue weighted by atomic mass is 9.95. The van der Waals surface area contributed by atoms with Gasteiger partial charge in [0.1, 0.15) is 30.8 Å². The van der Waals surface area contributed by atoms with Gasteiger partial charge in [-0.05, 0) is 74.2 Å². The van der Waals surface area contributed by atoms with Crippen LogP contribution in [0.4, 0.5) is 11.4 Å². The van der Waals surface area contributed by atoms with E-state index in [1.165, 1.54) is 6.07 Å². The second-order valence-electron chi connectivity index (χ2n) is 11.7. The van der Waals surface area contributed by atoms with Gasteiger partial charge in [0.15, 0.2) is 0 Å². The average Bonchev–Trinajstić information content (AvgIpc) is 3.02. The molecule has 0 aromatic heterocycles. The first-order valence-corrected chi connectivity index (χ1v) is 18.2. The van der Waals surface area contributed by atoms with E-state index in [2.05, 4.69) is 14.8 Å². The van der Waals surface area contributed by atoms with Crippen molar-refractivity contribution in [2.24, 2.45) is 0 Å². The Morgan fingerprint density at radius 2 is 1.43 bits per heavy atom. The van der Waals surface area contributed by atoms with Crippen molar-refractivity contribution in [1.29, 1.82) is 0 Å². The topological polar surface area (TPSA) is 143 Å². The normalized spacial score (nSPS) is 12.7. The first-order valence-electron chi connectivity index (χ1n) is 14.8. The highest BCUT2D eigenvalue weighted by atomic mass is 32.2. The van der Waals surface area contributed by atoms with E-state index in [1.807, 2.05) is 56.3 Å². The number of ether oxygens (including phenoxy) is 2. The smallest absolute Gasteiger partial charge is 0.261 e. The van der Waals surface area contributed by atoms with Crippen molar-refractivity contribution in [2.75, 3.05) is 28.9 Å². The fourth-order valence-electron chi connectivity index (χ4n) is 4.48. The van der Waals surface area contributed by atoms with Crippen LogP contribution >= 0.6 is 0 Å². The van der Waals surface area contributed by atoms with Gasteiger partial charge in [-0.2, -0.15) is 0 Å². The van der Waals surface area contributed by atoms with Crippen LogP contribution in [-0.4, -0.2) is 53.0 Å². The molecular formula is C34H41N3O7S2. The summed E-state index contributed by atoms with van der Waals surface area (Å²) in [6, 6.07) is 29.8. The van der Waals surface area contributed by atoms with Crippen LogP contribution in [0.15, 0.2) is 108 Å². The highest BCUT2D eigenvalue weighted by Crippen LogP contribution is 2.31. The van der Waals surface area contributed by atoms with E-state index < -0.39 is 26.2 Å². The zero-order valence-corrected chi connectivity index (χ0v) is 27.8. The summed E-state index contributed by atoms with van der Waals surface area (Å²) in [5.41, 5.74) is 2.41. The Bertz CT molecular complexity index is 1770. The molecule has 0 fully saturated rings. The molecule has 4 N–H and O–H groups in total. The van der Waals surface area contributed by atoms with E-state index >= 15 is 0 Å². The van der Waals surface area contributed by atoms with Crippen molar-refractivity contribution in [3.8, 4) is 11.5 Å². The second kappa shape index (κ2) is 15.5. The molecule has 0 radical (unpaired) electrons. The fourth-order valence-corrected chi connectivity index (χ4v) is 6.12. The molecule has 0 aliphatic rings. The van der Waals surface area contributed by atoms with E-state index in [9.17, 15) is 21.9 Å². The standard InChI is InChI=1S/C34H41N3O7S2/c1-34(2,21-20-26-14-16-28(17-15-26)36-46(41,42)31-12-8-5-9-13-31)35-23-29(38)25-43-30-18-19-33(32(22-30)37-45(3,39)40)44-24-27-10-6-4-7-11-27/h4-19,22,29,35-38H,20-21,23-25H2,1-3H3. The minimum atomic E-state index is -3.65. The third-order valence-corrected chi connectivity index (χ3v) is 9.03. The maximum atomic E-state index is 12.6. The molecule has 0 bridgehead atoms. The highest BCUT2D eigenvalue weighted by molar-refractivity contribution is 7.92. The number of sulfonamides is 2. The monoisotopic (exact) mass is 667 g/mol. The summed E-state index contributed by atoms with van der Waals surface area (Å²) in [6.07, 6.45) is 1.75. The maximum absolute atomic E-state index is 12.6. The van der Waals surface area contributed by atoms with Gasteiger partial charge in [0.05, 0.1) is 16.8 Å². The van der Waals surface area contributed by atoms with Gasteiger partial charge >= 0.3 is 0 Å². The van der Waals surface area contributed by atoms with E-state index in [4.69, 9.17) is 9.47 Å². The number of aliphatic hydroxyl groups excluding tert-OH is 1. The molecule has 0 aliphatic heterocycles. The van der Waals surface area contributed by atoms with Crippen LogP contribution in [0.5, 0.6) is 11.5 Å². The summed E-state index contributed by atoms with van der Waals surface area (Å²) >= 11 is 0. The molecule has 0 amide bonds. The second-order valence-corrected chi connectivity index (χ2v) is 15.1. The SMILES string of the molecule is CC(C)(CCc1ccc(NS(=O)(=O)c2ccccc2)cc1)NCC(O)COc1ccc(OCc2ccccc2)c(NS(C)(=O)=O)c1. The molecule has 12 heteroatoms. The predicted molar refractivity (Wildman–Crippen MR) is 181 cm³/mol. The molecule has 4 rings (SSSR count). The van der Waals surface area contributed by atoms with E-state index in [0.29, 0.717) is 17.2 Å². The molecule has 0 aliphatic carbocycles. The van der Waals surface area contributed by atoms with Crippen molar-refractivity contribution in [2.45, 2.75) is 49.8 Å². The molecule has 246 valence electrons. The van der Waals surface area contributed by atoms with Gasteiger partial charge in [-0.25, -0.2) is 16.8 Å². The number of anilines is 2. The quantitative estimate of drug-likeness (QED) is 0.121. The number of aliphatic hydroxyl groups is 1. The van der Waals surface area contributed by atoms with Crippen molar-refractivity contribution < 1.29 is 31.4 Å². The molecule has 1 atom stereocenters. The largest absolute Gasteiger partial charge is 0.491 e. The number of nitrogens with one attached hydrogen (secondary N) is 3. The van der Waals surface area contributed by atoms with Crippen molar-refractivity contribution in [3.63, 3.8) is 0 Å². The zero-order valence-electron chi connectivity index (χ0n) is 26.1. The Kier molecular flexibility index (Phi) is 11.7. The molecule has 0 saturated heterocycles. The number of hydrogen-bond acceptors (Lipinski definition) is 8. The fraction of sp³-hybridized carbons (Fsp3) is 0.294. The first-order chi connectivity index (χ1) is 21.8. The van der Waals surface area contributed by atoms with Crippen LogP contribution in [0.25, 0.3) is 0 Å². The van der Waals surface area contributed by atoms with Crippen LogP contribution in [0.1, 0.15) is 31.4 Å². The summed E-state index contributed by atoms with van der Waals surface area (Å²) in [4.78, 5) is 0.204. The summed E-state index contributed by atoms with van der Waals surface area (Å²) in [5, 5.41) is 14.0. The lowest BCUT2D eigenvalue weighted by Crippen LogP contribution is -2.45. The zero-order chi connectivity index (χ0) is 33.2. The third kappa shape index (κ3) is 11.4. The van der Waals surface area contributed by atoms with E-state index in [0.717, 1.165) is 30.2 Å². The Balaban J connectivity index is 1.24. The molecular weight excluding hydrogens is 627 g/mol. The van der Waals surface area contributed by atoms with Gasteiger partial charge in [0, 0.05) is 23.8 Å². The number of rotatable bonds is 17. The van der Waals surface area contributed by atoms with Gasteiger partial charge < -0.3 is 19.9 Å². The maximum Gasteiger partial charge on any atom is 0.261 e. The molecule has 4 aromatic rings. The first kappa shape index (κ1) is 34.8. The van der Waals surface area contributed by atoms with Crippen molar-refractivity contribution >= 4 is 31.4 Å². The van der Waals surface area contributed by atoms with Gasteiger partial charge in [-0.1, -0.05) is 60.7 Å². The summed E-state index contributed by atoms with van der Waals surface area (Å²) in [6.45, 7) is 4.62. The lowest BCUT2D eigenvalue weighted by molar-refractivity contribution is 0.0981. The minimum Gasteiger partial charge on any atom is -0.491 e. The Labute approximate surface area is 271 Å². The molecule has 1 unspecified atom stereocenters.